The Hall–Kier alpha value is -1.52. The molecule has 0 aliphatic heterocycles. The summed E-state index contributed by atoms with van der Waals surface area (Å²) in [6.07, 6.45) is -0.136. The van der Waals surface area contributed by atoms with Crippen molar-refractivity contribution >= 4 is 5.97 Å². The average Bonchev–Trinajstić information content (AvgIpc) is 2.18. The maximum Gasteiger partial charge on any atom is 0.310 e. The van der Waals surface area contributed by atoms with Crippen molar-refractivity contribution in [1.82, 2.24) is 4.98 Å². The lowest BCUT2D eigenvalue weighted by atomic mass is 10.1. The Bertz CT molecular complexity index is 342. The van der Waals surface area contributed by atoms with E-state index in [0.717, 1.165) is 6.20 Å². The highest BCUT2D eigenvalue weighted by Gasteiger charge is 2.10. The fourth-order valence-corrected chi connectivity index (χ4v) is 1.10. The first-order valence-electron chi connectivity index (χ1n) is 4.51. The van der Waals surface area contributed by atoms with Gasteiger partial charge in [0.25, 0.3) is 6.43 Å². The molecule has 0 fully saturated rings. The smallest absolute Gasteiger partial charge is 0.310 e. The molecule has 15 heavy (non-hydrogen) atoms. The molecular weight excluding hydrogens is 204 g/mol. The summed E-state index contributed by atoms with van der Waals surface area (Å²) < 4.78 is 29.2. The number of rotatable bonds is 4. The first-order chi connectivity index (χ1) is 7.13. The Morgan fingerprint density at radius 1 is 1.53 bits per heavy atom. The van der Waals surface area contributed by atoms with Crippen LogP contribution in [-0.4, -0.2) is 17.6 Å². The molecule has 0 spiro atoms. The minimum atomic E-state index is -2.57. The van der Waals surface area contributed by atoms with Crippen molar-refractivity contribution in [3.05, 3.63) is 29.6 Å². The molecule has 1 heterocycles. The van der Waals surface area contributed by atoms with Crippen molar-refractivity contribution in [1.29, 1.82) is 0 Å². The van der Waals surface area contributed by atoms with Gasteiger partial charge in [-0.25, -0.2) is 8.78 Å². The zero-order valence-electron chi connectivity index (χ0n) is 8.24. The zero-order chi connectivity index (χ0) is 11.3. The molecule has 5 heteroatoms. The van der Waals surface area contributed by atoms with Gasteiger partial charge in [-0.05, 0) is 18.6 Å². The minimum absolute atomic E-state index is 0.0264. The quantitative estimate of drug-likeness (QED) is 0.722. The summed E-state index contributed by atoms with van der Waals surface area (Å²) in [4.78, 5) is 14.7. The second kappa shape index (κ2) is 5.38. The van der Waals surface area contributed by atoms with Gasteiger partial charge in [0.05, 0.1) is 13.0 Å². The highest BCUT2D eigenvalue weighted by atomic mass is 19.3. The number of carbonyl (C=O) groups is 1. The van der Waals surface area contributed by atoms with E-state index in [1.165, 1.54) is 12.3 Å². The fraction of sp³-hybridized carbons (Fsp3) is 0.400. The van der Waals surface area contributed by atoms with Crippen LogP contribution in [0, 0.1) is 0 Å². The van der Waals surface area contributed by atoms with Gasteiger partial charge in [-0.1, -0.05) is 0 Å². The maximum absolute atomic E-state index is 12.3. The van der Waals surface area contributed by atoms with E-state index in [9.17, 15) is 13.6 Å². The van der Waals surface area contributed by atoms with E-state index in [-0.39, 0.29) is 18.6 Å². The first kappa shape index (κ1) is 11.6. The number of pyridine rings is 1. The lowest BCUT2D eigenvalue weighted by Gasteiger charge is -2.03. The van der Waals surface area contributed by atoms with E-state index in [1.54, 1.807) is 6.92 Å². The molecule has 0 bridgehead atoms. The van der Waals surface area contributed by atoms with Crippen LogP contribution >= 0.6 is 0 Å². The number of halogens is 2. The molecule has 0 unspecified atom stereocenters. The number of esters is 1. The third-order valence-electron chi connectivity index (χ3n) is 1.72. The van der Waals surface area contributed by atoms with Gasteiger partial charge in [0.1, 0.15) is 0 Å². The van der Waals surface area contributed by atoms with Crippen LogP contribution in [0.1, 0.15) is 24.5 Å². The molecule has 0 aliphatic carbocycles. The molecule has 0 aliphatic rings. The van der Waals surface area contributed by atoms with Crippen LogP contribution in [-0.2, 0) is 16.0 Å². The molecule has 0 saturated carbocycles. The van der Waals surface area contributed by atoms with Crippen molar-refractivity contribution in [2.24, 2.45) is 0 Å². The summed E-state index contributed by atoms with van der Waals surface area (Å²) in [6, 6.07) is 1.26. The Morgan fingerprint density at radius 3 is 2.87 bits per heavy atom. The summed E-state index contributed by atoms with van der Waals surface area (Å²) in [5.41, 5.74) is 0.253. The monoisotopic (exact) mass is 215 g/mol. The van der Waals surface area contributed by atoms with Gasteiger partial charge in [-0.3, -0.25) is 9.78 Å². The van der Waals surface area contributed by atoms with Crippen LogP contribution in [0.2, 0.25) is 0 Å². The van der Waals surface area contributed by atoms with Crippen molar-refractivity contribution in [2.75, 3.05) is 6.61 Å². The molecular formula is C10H11F2NO2. The van der Waals surface area contributed by atoms with E-state index < -0.39 is 12.4 Å². The molecule has 0 radical (unpaired) electrons. The molecule has 1 aromatic rings. The van der Waals surface area contributed by atoms with E-state index in [0.29, 0.717) is 5.56 Å². The predicted molar refractivity (Wildman–Crippen MR) is 49.5 cm³/mol. The van der Waals surface area contributed by atoms with Crippen molar-refractivity contribution in [2.45, 2.75) is 19.8 Å². The Kier molecular flexibility index (Phi) is 4.15. The van der Waals surface area contributed by atoms with Crippen molar-refractivity contribution in [3.8, 4) is 0 Å². The highest BCUT2D eigenvalue weighted by Crippen LogP contribution is 2.18. The van der Waals surface area contributed by atoms with E-state index in [1.807, 2.05) is 0 Å². The second-order valence-electron chi connectivity index (χ2n) is 2.91. The van der Waals surface area contributed by atoms with Gasteiger partial charge in [0.2, 0.25) is 0 Å². The van der Waals surface area contributed by atoms with Crippen LogP contribution in [0.3, 0.4) is 0 Å². The van der Waals surface area contributed by atoms with Gasteiger partial charge >= 0.3 is 5.97 Å². The number of alkyl halides is 2. The van der Waals surface area contributed by atoms with Gasteiger partial charge in [-0.2, -0.15) is 0 Å². The molecule has 1 aromatic heterocycles. The van der Waals surface area contributed by atoms with Crippen LogP contribution < -0.4 is 0 Å². The van der Waals surface area contributed by atoms with Crippen molar-refractivity contribution < 1.29 is 18.3 Å². The van der Waals surface area contributed by atoms with E-state index in [2.05, 4.69) is 4.98 Å². The maximum atomic E-state index is 12.3. The lowest BCUT2D eigenvalue weighted by molar-refractivity contribution is -0.142. The average molecular weight is 215 g/mol. The Morgan fingerprint density at radius 2 is 2.27 bits per heavy atom. The third kappa shape index (κ3) is 3.61. The van der Waals surface area contributed by atoms with Crippen LogP contribution in [0.5, 0.6) is 0 Å². The highest BCUT2D eigenvalue weighted by molar-refractivity contribution is 5.72. The molecule has 0 N–H and O–H groups in total. The van der Waals surface area contributed by atoms with Crippen LogP contribution in [0.15, 0.2) is 18.5 Å². The normalized spacial score (nSPS) is 10.4. The molecule has 0 saturated heterocycles. The molecule has 3 nitrogen and oxygen atoms in total. The van der Waals surface area contributed by atoms with Gasteiger partial charge in [-0.15, -0.1) is 0 Å². The second-order valence-corrected chi connectivity index (χ2v) is 2.91. The van der Waals surface area contributed by atoms with Gasteiger partial charge in [0, 0.05) is 18.0 Å². The molecule has 0 aromatic carbocycles. The van der Waals surface area contributed by atoms with Crippen LogP contribution in [0.4, 0.5) is 8.78 Å². The van der Waals surface area contributed by atoms with E-state index >= 15 is 0 Å². The summed E-state index contributed by atoms with van der Waals surface area (Å²) in [5.74, 6) is -0.439. The minimum Gasteiger partial charge on any atom is -0.466 e. The molecule has 0 amide bonds. The fourth-order valence-electron chi connectivity index (χ4n) is 1.10. The van der Waals surface area contributed by atoms with Gasteiger partial charge in [0.15, 0.2) is 0 Å². The molecule has 1 rings (SSSR count). The van der Waals surface area contributed by atoms with Crippen LogP contribution in [0.25, 0.3) is 0 Å². The van der Waals surface area contributed by atoms with E-state index in [4.69, 9.17) is 4.74 Å². The SMILES string of the molecule is CCOC(=O)Cc1cncc(C(F)F)c1. The number of hydrogen-bond donors (Lipinski definition) is 0. The zero-order valence-corrected chi connectivity index (χ0v) is 8.24. The molecule has 82 valence electrons. The summed E-state index contributed by atoms with van der Waals surface area (Å²) in [5, 5.41) is 0. The third-order valence-corrected chi connectivity index (χ3v) is 1.72. The topological polar surface area (TPSA) is 39.2 Å². The standard InChI is InChI=1S/C10H11F2NO2/c1-2-15-9(14)4-7-3-8(10(11)12)6-13-5-7/h3,5-6,10H,2,4H2,1H3. The summed E-state index contributed by atoms with van der Waals surface area (Å²) >= 11 is 0. The molecule has 0 atom stereocenters. The Balaban J connectivity index is 2.69. The summed E-state index contributed by atoms with van der Waals surface area (Å²) in [6.45, 7) is 1.96. The Labute approximate surface area is 86.1 Å². The largest absolute Gasteiger partial charge is 0.466 e. The van der Waals surface area contributed by atoms with Crippen molar-refractivity contribution in [3.63, 3.8) is 0 Å². The first-order valence-corrected chi connectivity index (χ1v) is 4.51. The van der Waals surface area contributed by atoms with Gasteiger partial charge < -0.3 is 4.74 Å². The lowest BCUT2D eigenvalue weighted by Crippen LogP contribution is -2.08. The number of nitrogens with zero attached hydrogens (tertiary/aromatic N) is 1. The number of ether oxygens (including phenoxy) is 1. The number of hydrogen-bond acceptors (Lipinski definition) is 3. The summed E-state index contributed by atoms with van der Waals surface area (Å²) in [7, 11) is 0. The predicted octanol–water partition coefficient (Wildman–Crippen LogP) is 2.12. The number of aromatic nitrogens is 1. The number of carbonyl (C=O) groups excluding carboxylic acids is 1.